The highest BCUT2D eigenvalue weighted by molar-refractivity contribution is 5.99. The lowest BCUT2D eigenvalue weighted by molar-refractivity contribution is 0.262. The van der Waals surface area contributed by atoms with E-state index in [1.165, 1.54) is 11.1 Å². The Morgan fingerprint density at radius 2 is 1.00 bits per heavy atom. The first kappa shape index (κ1) is 16.1. The zero-order valence-corrected chi connectivity index (χ0v) is 13.7. The van der Waals surface area contributed by atoms with E-state index in [0.717, 1.165) is 11.4 Å². The van der Waals surface area contributed by atoms with Gasteiger partial charge < -0.3 is 10.6 Å². The summed E-state index contributed by atoms with van der Waals surface area (Å²) in [5, 5.41) is 5.69. The predicted octanol–water partition coefficient (Wildman–Crippen LogP) is 5.58. The maximum absolute atomic E-state index is 12.0. The van der Waals surface area contributed by atoms with Crippen molar-refractivity contribution in [2.24, 2.45) is 0 Å². The average Bonchev–Trinajstić information content (AvgIpc) is 2.48. The van der Waals surface area contributed by atoms with Gasteiger partial charge in [0.25, 0.3) is 0 Å². The van der Waals surface area contributed by atoms with E-state index in [0.29, 0.717) is 11.8 Å². The third-order valence-electron chi connectivity index (χ3n) is 3.67. The van der Waals surface area contributed by atoms with Crippen LogP contribution in [-0.2, 0) is 0 Å². The van der Waals surface area contributed by atoms with Crippen molar-refractivity contribution in [3.63, 3.8) is 0 Å². The Bertz CT molecular complexity index is 557. The van der Waals surface area contributed by atoms with Crippen molar-refractivity contribution in [3.05, 3.63) is 59.7 Å². The lowest BCUT2D eigenvalue weighted by Crippen LogP contribution is -2.19. The average molecular weight is 296 g/mol. The molecule has 0 heterocycles. The summed E-state index contributed by atoms with van der Waals surface area (Å²) in [5.74, 6) is 0.977. The molecule has 2 N–H and O–H groups in total. The minimum atomic E-state index is -0.227. The van der Waals surface area contributed by atoms with Crippen LogP contribution in [0.25, 0.3) is 0 Å². The summed E-state index contributed by atoms with van der Waals surface area (Å²) in [6.07, 6.45) is 0. The molecule has 2 rings (SSSR count). The molecule has 2 aromatic rings. The fourth-order valence-corrected chi connectivity index (χ4v) is 2.20. The summed E-state index contributed by atoms with van der Waals surface area (Å²) in [6.45, 7) is 8.60. The van der Waals surface area contributed by atoms with E-state index in [1.807, 2.05) is 48.5 Å². The monoisotopic (exact) mass is 296 g/mol. The van der Waals surface area contributed by atoms with Crippen molar-refractivity contribution in [2.45, 2.75) is 39.5 Å². The van der Waals surface area contributed by atoms with Crippen LogP contribution in [0.5, 0.6) is 0 Å². The van der Waals surface area contributed by atoms with Gasteiger partial charge >= 0.3 is 6.03 Å². The topological polar surface area (TPSA) is 41.1 Å². The van der Waals surface area contributed by atoms with E-state index in [-0.39, 0.29) is 6.03 Å². The van der Waals surface area contributed by atoms with Crippen molar-refractivity contribution in [1.82, 2.24) is 0 Å². The summed E-state index contributed by atoms with van der Waals surface area (Å²) < 4.78 is 0. The zero-order valence-electron chi connectivity index (χ0n) is 13.7. The van der Waals surface area contributed by atoms with Crippen molar-refractivity contribution in [2.75, 3.05) is 10.6 Å². The number of urea groups is 1. The highest BCUT2D eigenvalue weighted by Gasteiger charge is 2.05. The summed E-state index contributed by atoms with van der Waals surface area (Å²) in [4.78, 5) is 12.0. The van der Waals surface area contributed by atoms with Gasteiger partial charge in [0, 0.05) is 11.4 Å². The van der Waals surface area contributed by atoms with Gasteiger partial charge in [-0.25, -0.2) is 4.79 Å². The second kappa shape index (κ2) is 7.12. The van der Waals surface area contributed by atoms with Gasteiger partial charge in [-0.05, 0) is 47.2 Å². The van der Waals surface area contributed by atoms with Crippen LogP contribution < -0.4 is 10.6 Å². The third-order valence-corrected chi connectivity index (χ3v) is 3.67. The second-order valence-electron chi connectivity index (χ2n) is 6.13. The number of rotatable bonds is 4. The molecular formula is C19H24N2O. The predicted molar refractivity (Wildman–Crippen MR) is 93.7 cm³/mol. The molecule has 0 spiro atoms. The summed E-state index contributed by atoms with van der Waals surface area (Å²) in [5.41, 5.74) is 4.10. The molecule has 0 fully saturated rings. The number of hydrogen-bond acceptors (Lipinski definition) is 1. The van der Waals surface area contributed by atoms with E-state index >= 15 is 0 Å². The highest BCUT2D eigenvalue weighted by Crippen LogP contribution is 2.19. The molecule has 2 amide bonds. The van der Waals surface area contributed by atoms with Crippen LogP contribution in [0.1, 0.15) is 50.7 Å². The lowest BCUT2D eigenvalue weighted by Gasteiger charge is -2.11. The van der Waals surface area contributed by atoms with Crippen molar-refractivity contribution >= 4 is 17.4 Å². The second-order valence-corrected chi connectivity index (χ2v) is 6.13. The number of carbonyl (C=O) groups is 1. The van der Waals surface area contributed by atoms with Crippen molar-refractivity contribution < 1.29 is 4.79 Å². The van der Waals surface area contributed by atoms with Gasteiger partial charge in [0.2, 0.25) is 0 Å². The minimum Gasteiger partial charge on any atom is -0.308 e. The Hall–Kier alpha value is -2.29. The van der Waals surface area contributed by atoms with Crippen molar-refractivity contribution in [1.29, 1.82) is 0 Å². The molecule has 0 bridgehead atoms. The molecule has 0 radical (unpaired) electrons. The molecule has 0 unspecified atom stereocenters. The molecule has 0 aliphatic rings. The summed E-state index contributed by atoms with van der Waals surface area (Å²) in [7, 11) is 0. The van der Waals surface area contributed by atoms with E-state index in [1.54, 1.807) is 0 Å². The maximum Gasteiger partial charge on any atom is 0.323 e. The molecule has 0 aromatic heterocycles. The fourth-order valence-electron chi connectivity index (χ4n) is 2.20. The minimum absolute atomic E-state index is 0.227. The molecule has 0 atom stereocenters. The molecule has 116 valence electrons. The molecule has 3 nitrogen and oxygen atoms in total. The molecule has 22 heavy (non-hydrogen) atoms. The first-order chi connectivity index (χ1) is 10.5. The standard InChI is InChI=1S/C19H24N2O/c1-13(2)15-5-9-17(10-6-15)20-19(22)21-18-11-7-16(8-12-18)14(3)4/h5-14H,1-4H3,(H2,20,21,22). The first-order valence-electron chi connectivity index (χ1n) is 7.73. The van der Waals surface area contributed by atoms with E-state index in [2.05, 4.69) is 38.3 Å². The number of anilines is 2. The van der Waals surface area contributed by atoms with Crippen LogP contribution in [0.2, 0.25) is 0 Å². The van der Waals surface area contributed by atoms with Gasteiger partial charge in [-0.15, -0.1) is 0 Å². The third kappa shape index (κ3) is 4.35. The normalized spacial score (nSPS) is 10.8. The zero-order chi connectivity index (χ0) is 16.1. The summed E-state index contributed by atoms with van der Waals surface area (Å²) in [6, 6.07) is 15.6. The SMILES string of the molecule is CC(C)c1ccc(NC(=O)Nc2ccc(C(C)C)cc2)cc1. The van der Waals surface area contributed by atoms with Crippen LogP contribution in [-0.4, -0.2) is 6.03 Å². The number of benzene rings is 2. The number of carbonyl (C=O) groups excluding carboxylic acids is 1. The molecule has 0 saturated carbocycles. The smallest absolute Gasteiger partial charge is 0.308 e. The number of nitrogens with one attached hydrogen (secondary N) is 2. The van der Waals surface area contributed by atoms with Crippen LogP contribution in [0.4, 0.5) is 16.2 Å². The molecule has 2 aromatic carbocycles. The van der Waals surface area contributed by atoms with Crippen molar-refractivity contribution in [3.8, 4) is 0 Å². The fraction of sp³-hybridized carbons (Fsp3) is 0.316. The van der Waals surface area contributed by atoms with E-state index in [4.69, 9.17) is 0 Å². The largest absolute Gasteiger partial charge is 0.323 e. The van der Waals surface area contributed by atoms with E-state index in [9.17, 15) is 4.79 Å². The molecule has 0 saturated heterocycles. The maximum atomic E-state index is 12.0. The molecule has 0 aliphatic heterocycles. The Morgan fingerprint density at radius 3 is 1.27 bits per heavy atom. The first-order valence-corrected chi connectivity index (χ1v) is 7.73. The molecule has 3 heteroatoms. The Kier molecular flexibility index (Phi) is 5.21. The van der Waals surface area contributed by atoms with Gasteiger partial charge in [0.1, 0.15) is 0 Å². The highest BCUT2D eigenvalue weighted by atomic mass is 16.2. The van der Waals surface area contributed by atoms with Crippen LogP contribution >= 0.6 is 0 Å². The van der Waals surface area contributed by atoms with Crippen LogP contribution in [0, 0.1) is 0 Å². The van der Waals surface area contributed by atoms with Gasteiger partial charge in [-0.2, -0.15) is 0 Å². The van der Waals surface area contributed by atoms with Gasteiger partial charge in [-0.3, -0.25) is 0 Å². The van der Waals surface area contributed by atoms with Gasteiger partial charge in [0.05, 0.1) is 0 Å². The van der Waals surface area contributed by atoms with Gasteiger partial charge in [0.15, 0.2) is 0 Å². The molecular weight excluding hydrogens is 272 g/mol. The number of amides is 2. The quantitative estimate of drug-likeness (QED) is 0.760. The Labute approximate surface area is 132 Å². The summed E-state index contributed by atoms with van der Waals surface area (Å²) >= 11 is 0. The van der Waals surface area contributed by atoms with Gasteiger partial charge in [-0.1, -0.05) is 52.0 Å². The van der Waals surface area contributed by atoms with Crippen LogP contribution in [0.15, 0.2) is 48.5 Å². The molecule has 0 aliphatic carbocycles. The lowest BCUT2D eigenvalue weighted by atomic mass is 10.0. The Morgan fingerprint density at radius 1 is 0.682 bits per heavy atom. The number of hydrogen-bond donors (Lipinski definition) is 2. The Balaban J connectivity index is 1.94. The van der Waals surface area contributed by atoms with Crippen LogP contribution in [0.3, 0.4) is 0 Å². The van der Waals surface area contributed by atoms with E-state index < -0.39 is 0 Å².